The molecule has 0 amide bonds. The topological polar surface area (TPSA) is 63.6 Å². The van der Waals surface area contributed by atoms with Crippen molar-refractivity contribution in [1.29, 1.82) is 0 Å². The van der Waals surface area contributed by atoms with Gasteiger partial charge in [-0.1, -0.05) is 47.6 Å². The zero-order chi connectivity index (χ0) is 17.8. The Morgan fingerprint density at radius 1 is 1.20 bits per heavy atom. The third-order valence-electron chi connectivity index (χ3n) is 3.94. The Morgan fingerprint density at radius 3 is 2.60 bits per heavy atom. The number of rotatable bonds is 6. The van der Waals surface area contributed by atoms with E-state index in [9.17, 15) is 14.7 Å². The predicted molar refractivity (Wildman–Crippen MR) is 98.1 cm³/mol. The van der Waals surface area contributed by atoms with Crippen molar-refractivity contribution in [2.24, 2.45) is 0 Å². The summed E-state index contributed by atoms with van der Waals surface area (Å²) in [6.07, 6.45) is -0.185. The smallest absolute Gasteiger partial charge is 0.197 e. The van der Waals surface area contributed by atoms with Gasteiger partial charge in [0.2, 0.25) is 0 Å². The molecular weight excluding hydrogens is 360 g/mol. The number of Topliss-reactive ketones (excluding diaryl/α,β-unsaturated/α-hetero) is 1. The van der Waals surface area contributed by atoms with Crippen LogP contribution in [0.5, 0.6) is 5.75 Å². The van der Waals surface area contributed by atoms with Gasteiger partial charge in [-0.05, 0) is 41.8 Å². The van der Waals surface area contributed by atoms with E-state index in [1.807, 2.05) is 12.1 Å². The fourth-order valence-electron chi connectivity index (χ4n) is 2.60. The molecule has 0 saturated carbocycles. The number of carbonyl (C=O) groups is 2. The largest absolute Gasteiger partial charge is 0.491 e. The Balaban J connectivity index is 1.54. The number of aliphatic hydroxyl groups excluding tert-OH is 1. The molecule has 0 aliphatic carbocycles. The average molecular weight is 377 g/mol. The molecular formula is C19H17ClO4S. The summed E-state index contributed by atoms with van der Waals surface area (Å²) >= 11 is 7.04. The zero-order valence-corrected chi connectivity index (χ0v) is 14.9. The molecule has 6 heteroatoms. The van der Waals surface area contributed by atoms with Gasteiger partial charge in [-0.15, -0.1) is 0 Å². The lowest BCUT2D eigenvalue weighted by Crippen LogP contribution is -2.13. The van der Waals surface area contributed by atoms with Gasteiger partial charge in [0.05, 0.1) is 11.7 Å². The van der Waals surface area contributed by atoms with Crippen LogP contribution in [0, 0.1) is 0 Å². The number of hydrogen-bond acceptors (Lipinski definition) is 5. The third kappa shape index (κ3) is 4.84. The van der Waals surface area contributed by atoms with Crippen molar-refractivity contribution < 1.29 is 19.4 Å². The molecule has 1 saturated heterocycles. The van der Waals surface area contributed by atoms with Crippen molar-refractivity contribution in [2.75, 3.05) is 6.61 Å². The lowest BCUT2D eigenvalue weighted by atomic mass is 10.1. The monoisotopic (exact) mass is 376 g/mol. The predicted octanol–water partition coefficient (Wildman–Crippen LogP) is 3.60. The minimum absolute atomic E-state index is 0.0000271. The Bertz CT molecular complexity index is 775. The highest BCUT2D eigenvalue weighted by atomic mass is 35.5. The quantitative estimate of drug-likeness (QED) is 0.780. The molecule has 2 atom stereocenters. The molecule has 1 aliphatic heterocycles. The molecule has 2 unspecified atom stereocenters. The van der Waals surface area contributed by atoms with E-state index in [4.69, 9.17) is 16.3 Å². The first-order chi connectivity index (χ1) is 12.0. The number of benzene rings is 2. The maximum absolute atomic E-state index is 11.7. The van der Waals surface area contributed by atoms with Crippen molar-refractivity contribution in [3.63, 3.8) is 0 Å². The number of halogens is 1. The molecule has 4 nitrogen and oxygen atoms in total. The number of aliphatic hydroxyl groups is 1. The summed E-state index contributed by atoms with van der Waals surface area (Å²) in [5, 5.41) is 10.4. The van der Waals surface area contributed by atoms with Crippen LogP contribution < -0.4 is 4.74 Å². The fraction of sp³-hybridized carbons (Fsp3) is 0.263. The van der Waals surface area contributed by atoms with Crippen LogP contribution >= 0.6 is 23.4 Å². The summed E-state index contributed by atoms with van der Waals surface area (Å²) < 4.78 is 5.61. The van der Waals surface area contributed by atoms with E-state index in [0.29, 0.717) is 22.8 Å². The van der Waals surface area contributed by atoms with E-state index < -0.39 is 6.10 Å². The highest BCUT2D eigenvalue weighted by Gasteiger charge is 2.31. The van der Waals surface area contributed by atoms with Gasteiger partial charge in [-0.25, -0.2) is 0 Å². The molecule has 0 spiro atoms. The van der Waals surface area contributed by atoms with Gasteiger partial charge in [-0.2, -0.15) is 0 Å². The van der Waals surface area contributed by atoms with E-state index in [1.165, 1.54) is 0 Å². The molecule has 2 aromatic rings. The summed E-state index contributed by atoms with van der Waals surface area (Å²) in [6, 6.07) is 14.4. The number of ether oxygens (including phenoxy) is 1. The number of carbonyl (C=O) groups excluding carboxylic acids is 2. The Kier molecular flexibility index (Phi) is 5.78. The highest BCUT2D eigenvalue weighted by Crippen LogP contribution is 2.28. The molecule has 0 bridgehead atoms. The molecule has 0 radical (unpaired) electrons. The molecule has 1 heterocycles. The third-order valence-corrected chi connectivity index (χ3v) is 5.29. The van der Waals surface area contributed by atoms with Gasteiger partial charge in [0.25, 0.3) is 0 Å². The molecule has 130 valence electrons. The van der Waals surface area contributed by atoms with Crippen molar-refractivity contribution in [1.82, 2.24) is 0 Å². The molecule has 0 aromatic heterocycles. The Labute approximate surface area is 155 Å². The summed E-state index contributed by atoms with van der Waals surface area (Å²) in [5.74, 6) is 0.631. The second-order valence-electron chi connectivity index (χ2n) is 5.85. The van der Waals surface area contributed by atoms with Crippen molar-refractivity contribution in [3.8, 4) is 5.75 Å². The number of thioether (sulfide) groups is 1. The molecule has 1 N–H and O–H groups in total. The van der Waals surface area contributed by atoms with Gasteiger partial charge in [0.15, 0.2) is 10.9 Å². The molecule has 25 heavy (non-hydrogen) atoms. The summed E-state index contributed by atoms with van der Waals surface area (Å²) in [4.78, 5) is 23.0. The molecule has 3 rings (SSSR count). The number of ketones is 1. The Morgan fingerprint density at radius 2 is 1.96 bits per heavy atom. The zero-order valence-electron chi connectivity index (χ0n) is 13.4. The van der Waals surface area contributed by atoms with Crippen LogP contribution in [-0.2, 0) is 16.0 Å². The fourth-order valence-corrected chi connectivity index (χ4v) is 3.83. The van der Waals surface area contributed by atoms with E-state index in [1.54, 1.807) is 36.4 Å². The standard InChI is InChI=1S/C19H17ClO4S/c20-14-3-1-2-13(9-14)17(22)11-24-15-6-4-12(5-7-15)8-18-16(21)10-19(23)25-18/h1-7,9,17-18,22H,8,10-11H2. The first kappa shape index (κ1) is 18.0. The van der Waals surface area contributed by atoms with E-state index in [2.05, 4.69) is 0 Å². The van der Waals surface area contributed by atoms with Crippen molar-refractivity contribution in [2.45, 2.75) is 24.2 Å². The van der Waals surface area contributed by atoms with Crippen LogP contribution in [0.25, 0.3) is 0 Å². The lowest BCUT2D eigenvalue weighted by molar-refractivity contribution is -0.121. The van der Waals surface area contributed by atoms with Gasteiger partial charge >= 0.3 is 0 Å². The van der Waals surface area contributed by atoms with Crippen LogP contribution in [0.3, 0.4) is 0 Å². The maximum Gasteiger partial charge on any atom is 0.197 e. The SMILES string of the molecule is O=C1CC(=O)C(Cc2ccc(OCC(O)c3cccc(Cl)c3)cc2)S1. The second kappa shape index (κ2) is 8.04. The van der Waals surface area contributed by atoms with Gasteiger partial charge in [0.1, 0.15) is 18.5 Å². The number of hydrogen-bond donors (Lipinski definition) is 1. The van der Waals surface area contributed by atoms with Crippen LogP contribution in [0.2, 0.25) is 5.02 Å². The van der Waals surface area contributed by atoms with E-state index in [0.717, 1.165) is 17.3 Å². The minimum atomic E-state index is -0.767. The molecule has 1 fully saturated rings. The highest BCUT2D eigenvalue weighted by molar-refractivity contribution is 8.15. The normalized spacial score (nSPS) is 18.4. The maximum atomic E-state index is 11.7. The first-order valence-corrected chi connectivity index (χ1v) is 9.14. The van der Waals surface area contributed by atoms with Crippen LogP contribution in [-0.4, -0.2) is 27.9 Å². The average Bonchev–Trinajstić information content (AvgIpc) is 2.91. The van der Waals surface area contributed by atoms with Crippen LogP contribution in [0.1, 0.15) is 23.7 Å². The summed E-state index contributed by atoms with van der Waals surface area (Å²) in [5.41, 5.74) is 1.67. The van der Waals surface area contributed by atoms with Crippen LogP contribution in [0.4, 0.5) is 0 Å². The van der Waals surface area contributed by atoms with Crippen LogP contribution in [0.15, 0.2) is 48.5 Å². The summed E-state index contributed by atoms with van der Waals surface area (Å²) in [6.45, 7) is 0.116. The molecule has 1 aliphatic rings. The van der Waals surface area contributed by atoms with Gasteiger partial charge < -0.3 is 9.84 Å². The lowest BCUT2D eigenvalue weighted by Gasteiger charge is -2.13. The minimum Gasteiger partial charge on any atom is -0.491 e. The van der Waals surface area contributed by atoms with E-state index in [-0.39, 0.29) is 29.2 Å². The van der Waals surface area contributed by atoms with Crippen molar-refractivity contribution in [3.05, 3.63) is 64.7 Å². The summed E-state index contributed by atoms with van der Waals surface area (Å²) in [7, 11) is 0. The van der Waals surface area contributed by atoms with Crippen molar-refractivity contribution >= 4 is 34.3 Å². The van der Waals surface area contributed by atoms with Gasteiger partial charge in [0, 0.05) is 5.02 Å². The molecule has 2 aromatic carbocycles. The second-order valence-corrected chi connectivity index (χ2v) is 7.55. The Hall–Kier alpha value is -1.82. The van der Waals surface area contributed by atoms with E-state index >= 15 is 0 Å². The first-order valence-electron chi connectivity index (χ1n) is 7.89. The van der Waals surface area contributed by atoms with Gasteiger partial charge in [-0.3, -0.25) is 9.59 Å².